The Morgan fingerprint density at radius 3 is 3.07 bits per heavy atom. The van der Waals surface area contributed by atoms with Crippen molar-refractivity contribution in [3.8, 4) is 0 Å². The van der Waals surface area contributed by atoms with Gasteiger partial charge in [0.2, 0.25) is 5.76 Å². The van der Waals surface area contributed by atoms with Gasteiger partial charge in [0.1, 0.15) is 5.52 Å². The zero-order chi connectivity index (χ0) is 10.1. The third-order valence-corrected chi connectivity index (χ3v) is 2.37. The standard InChI is InChI=1S/C9H7BrN2O2/c1-11-9(13)8-6-3-2-5(10)4-7(6)12-14-8/h2-4H,1H3,(H,11,13). The second-order valence-corrected chi connectivity index (χ2v) is 3.67. The SMILES string of the molecule is CNC(=O)c1onc2cc(Br)ccc12. The molecule has 1 amide bonds. The second-order valence-electron chi connectivity index (χ2n) is 2.75. The second kappa shape index (κ2) is 3.42. The fourth-order valence-corrected chi connectivity index (χ4v) is 1.54. The molecular weight excluding hydrogens is 248 g/mol. The van der Waals surface area contributed by atoms with E-state index in [1.54, 1.807) is 19.2 Å². The third-order valence-electron chi connectivity index (χ3n) is 1.87. The Morgan fingerprint density at radius 2 is 2.36 bits per heavy atom. The Labute approximate surface area is 88.4 Å². The van der Waals surface area contributed by atoms with Gasteiger partial charge in [-0.25, -0.2) is 0 Å². The van der Waals surface area contributed by atoms with Gasteiger partial charge in [-0.3, -0.25) is 4.79 Å². The number of fused-ring (bicyclic) bond motifs is 1. The largest absolute Gasteiger partial charge is 0.352 e. The lowest BCUT2D eigenvalue weighted by Gasteiger charge is -1.93. The predicted octanol–water partition coefficient (Wildman–Crippen LogP) is 1.95. The summed E-state index contributed by atoms with van der Waals surface area (Å²) in [5.41, 5.74) is 0.665. The van der Waals surface area contributed by atoms with Crippen LogP contribution in [0.4, 0.5) is 0 Å². The zero-order valence-electron chi connectivity index (χ0n) is 7.37. The minimum absolute atomic E-state index is 0.245. The molecule has 1 aromatic carbocycles. The molecule has 0 saturated carbocycles. The number of nitrogens with zero attached hydrogens (tertiary/aromatic N) is 1. The minimum Gasteiger partial charge on any atom is -0.352 e. The number of hydrogen-bond donors (Lipinski definition) is 1. The van der Waals surface area contributed by atoms with Crippen LogP contribution in [-0.4, -0.2) is 18.1 Å². The van der Waals surface area contributed by atoms with Gasteiger partial charge in [-0.15, -0.1) is 0 Å². The van der Waals surface area contributed by atoms with Crippen LogP contribution in [0.5, 0.6) is 0 Å². The molecule has 0 radical (unpaired) electrons. The average Bonchev–Trinajstić information content (AvgIpc) is 2.59. The van der Waals surface area contributed by atoms with Crippen LogP contribution in [-0.2, 0) is 0 Å². The molecule has 14 heavy (non-hydrogen) atoms. The number of nitrogens with one attached hydrogen (secondary N) is 1. The highest BCUT2D eigenvalue weighted by Crippen LogP contribution is 2.21. The van der Waals surface area contributed by atoms with Gasteiger partial charge in [-0.1, -0.05) is 21.1 Å². The number of benzene rings is 1. The minimum atomic E-state index is -0.269. The molecule has 2 aromatic rings. The first-order valence-electron chi connectivity index (χ1n) is 3.99. The molecule has 1 N–H and O–H groups in total. The van der Waals surface area contributed by atoms with E-state index in [4.69, 9.17) is 4.52 Å². The van der Waals surface area contributed by atoms with E-state index in [-0.39, 0.29) is 11.7 Å². The summed E-state index contributed by atoms with van der Waals surface area (Å²) >= 11 is 3.31. The first-order valence-corrected chi connectivity index (χ1v) is 4.78. The van der Waals surface area contributed by atoms with E-state index in [1.807, 2.05) is 6.07 Å². The summed E-state index contributed by atoms with van der Waals surface area (Å²) in [7, 11) is 1.55. The van der Waals surface area contributed by atoms with Crippen molar-refractivity contribution in [3.05, 3.63) is 28.4 Å². The van der Waals surface area contributed by atoms with E-state index in [0.717, 1.165) is 4.47 Å². The molecule has 0 spiro atoms. The Hall–Kier alpha value is -1.36. The summed E-state index contributed by atoms with van der Waals surface area (Å²) in [4.78, 5) is 11.3. The van der Waals surface area contributed by atoms with Crippen molar-refractivity contribution in [3.63, 3.8) is 0 Å². The van der Waals surface area contributed by atoms with Crippen LogP contribution < -0.4 is 5.32 Å². The summed E-state index contributed by atoms with van der Waals surface area (Å²) in [6.07, 6.45) is 0. The van der Waals surface area contributed by atoms with E-state index >= 15 is 0 Å². The molecule has 0 bridgehead atoms. The summed E-state index contributed by atoms with van der Waals surface area (Å²) in [6.45, 7) is 0. The smallest absolute Gasteiger partial charge is 0.290 e. The average molecular weight is 255 g/mol. The summed E-state index contributed by atoms with van der Waals surface area (Å²) in [6, 6.07) is 5.43. The quantitative estimate of drug-likeness (QED) is 0.847. The van der Waals surface area contributed by atoms with E-state index in [1.165, 1.54) is 0 Å². The van der Waals surface area contributed by atoms with Crippen molar-refractivity contribution in [2.45, 2.75) is 0 Å². The number of halogens is 1. The maximum Gasteiger partial charge on any atom is 0.290 e. The van der Waals surface area contributed by atoms with Gasteiger partial charge in [0.05, 0.1) is 5.39 Å². The van der Waals surface area contributed by atoms with E-state index < -0.39 is 0 Å². The molecule has 0 saturated heterocycles. The number of hydrogen-bond acceptors (Lipinski definition) is 3. The Balaban J connectivity index is 2.64. The highest BCUT2D eigenvalue weighted by atomic mass is 79.9. The summed E-state index contributed by atoms with van der Waals surface area (Å²) in [5, 5.41) is 6.99. The normalized spacial score (nSPS) is 10.4. The first kappa shape index (κ1) is 9.21. The van der Waals surface area contributed by atoms with Gasteiger partial charge < -0.3 is 9.84 Å². The maximum atomic E-state index is 11.3. The van der Waals surface area contributed by atoms with E-state index in [0.29, 0.717) is 10.9 Å². The van der Waals surface area contributed by atoms with Crippen LogP contribution >= 0.6 is 15.9 Å². The van der Waals surface area contributed by atoms with Crippen molar-refractivity contribution >= 4 is 32.7 Å². The van der Waals surface area contributed by atoms with Crippen molar-refractivity contribution in [1.29, 1.82) is 0 Å². The lowest BCUT2D eigenvalue weighted by molar-refractivity contribution is 0.0929. The predicted molar refractivity (Wildman–Crippen MR) is 55.1 cm³/mol. The van der Waals surface area contributed by atoms with E-state index in [9.17, 15) is 4.79 Å². The van der Waals surface area contributed by atoms with Crippen molar-refractivity contribution in [1.82, 2.24) is 10.5 Å². The number of amides is 1. The van der Waals surface area contributed by atoms with Gasteiger partial charge >= 0.3 is 0 Å². The summed E-state index contributed by atoms with van der Waals surface area (Å²) < 4.78 is 5.84. The van der Waals surface area contributed by atoms with Crippen LogP contribution in [0.15, 0.2) is 27.2 Å². The molecule has 0 aliphatic rings. The summed E-state index contributed by atoms with van der Waals surface area (Å²) in [5.74, 6) is -0.0233. The Kier molecular flexibility index (Phi) is 2.25. The monoisotopic (exact) mass is 254 g/mol. The highest BCUT2D eigenvalue weighted by molar-refractivity contribution is 9.10. The Bertz CT molecular complexity index is 493. The number of rotatable bonds is 1. The fourth-order valence-electron chi connectivity index (χ4n) is 1.19. The van der Waals surface area contributed by atoms with Gasteiger partial charge in [0.15, 0.2) is 0 Å². The van der Waals surface area contributed by atoms with Crippen molar-refractivity contribution in [2.24, 2.45) is 0 Å². The third kappa shape index (κ3) is 1.39. The Morgan fingerprint density at radius 1 is 1.57 bits per heavy atom. The lowest BCUT2D eigenvalue weighted by Crippen LogP contribution is -2.17. The molecular formula is C9H7BrN2O2. The number of carbonyl (C=O) groups is 1. The fraction of sp³-hybridized carbons (Fsp3) is 0.111. The lowest BCUT2D eigenvalue weighted by atomic mass is 10.2. The van der Waals surface area contributed by atoms with Crippen LogP contribution in [0.1, 0.15) is 10.6 Å². The zero-order valence-corrected chi connectivity index (χ0v) is 8.96. The molecule has 1 heterocycles. The molecule has 0 aliphatic heterocycles. The molecule has 0 unspecified atom stereocenters. The topological polar surface area (TPSA) is 55.1 Å². The molecule has 2 rings (SSSR count). The highest BCUT2D eigenvalue weighted by Gasteiger charge is 2.14. The molecule has 4 nitrogen and oxygen atoms in total. The van der Waals surface area contributed by atoms with Gasteiger partial charge in [0, 0.05) is 11.5 Å². The number of aromatic nitrogens is 1. The van der Waals surface area contributed by atoms with Crippen LogP contribution in [0.2, 0.25) is 0 Å². The molecule has 72 valence electrons. The van der Waals surface area contributed by atoms with E-state index in [2.05, 4.69) is 26.4 Å². The van der Waals surface area contributed by atoms with Crippen LogP contribution in [0.25, 0.3) is 10.9 Å². The van der Waals surface area contributed by atoms with Crippen LogP contribution in [0.3, 0.4) is 0 Å². The van der Waals surface area contributed by atoms with Crippen molar-refractivity contribution < 1.29 is 9.32 Å². The van der Waals surface area contributed by atoms with Gasteiger partial charge in [0.25, 0.3) is 5.91 Å². The molecule has 0 fully saturated rings. The number of carbonyl (C=O) groups excluding carboxylic acids is 1. The molecule has 0 aliphatic carbocycles. The van der Waals surface area contributed by atoms with Gasteiger partial charge in [-0.05, 0) is 18.2 Å². The molecule has 0 atom stereocenters. The maximum absolute atomic E-state index is 11.3. The van der Waals surface area contributed by atoms with Gasteiger partial charge in [-0.2, -0.15) is 0 Å². The van der Waals surface area contributed by atoms with Crippen molar-refractivity contribution in [2.75, 3.05) is 7.05 Å². The molecule has 1 aromatic heterocycles. The van der Waals surface area contributed by atoms with Crippen LogP contribution in [0, 0.1) is 0 Å². The molecule has 5 heteroatoms. The first-order chi connectivity index (χ1) is 6.72.